The first kappa shape index (κ1) is 27.2. The highest BCUT2D eigenvalue weighted by molar-refractivity contribution is 7.93. The molecular weight excluding hydrogens is 573 g/mol. The van der Waals surface area contributed by atoms with Crippen molar-refractivity contribution < 1.29 is 22.5 Å². The molecule has 2 aromatic carbocycles. The van der Waals surface area contributed by atoms with Crippen LogP contribution < -0.4 is 9.21 Å². The van der Waals surface area contributed by atoms with Crippen LogP contribution in [-0.2, 0) is 26.2 Å². The van der Waals surface area contributed by atoms with Crippen LogP contribution in [0.4, 0.5) is 11.4 Å². The molecule has 3 aliphatic rings. The van der Waals surface area contributed by atoms with Crippen molar-refractivity contribution in [1.29, 1.82) is 0 Å². The molecule has 11 heteroatoms. The van der Waals surface area contributed by atoms with Crippen LogP contribution >= 0.6 is 23.2 Å². The summed E-state index contributed by atoms with van der Waals surface area (Å²) in [6.45, 7) is 1.20. The van der Waals surface area contributed by atoms with Gasteiger partial charge in [-0.1, -0.05) is 40.3 Å². The van der Waals surface area contributed by atoms with E-state index in [0.717, 1.165) is 49.2 Å². The van der Waals surface area contributed by atoms with Gasteiger partial charge < -0.3 is 14.2 Å². The third kappa shape index (κ3) is 4.99. The summed E-state index contributed by atoms with van der Waals surface area (Å²) in [5, 5.41) is 5.41. The van der Waals surface area contributed by atoms with Gasteiger partial charge in [0.15, 0.2) is 0 Å². The van der Waals surface area contributed by atoms with Crippen LogP contribution in [0.5, 0.6) is 0 Å². The predicted octanol–water partition coefficient (Wildman–Crippen LogP) is 5.64. The lowest BCUT2D eigenvalue weighted by Gasteiger charge is -2.33. The molecule has 0 N–H and O–H groups in total. The topological polar surface area (TPSA) is 93.0 Å². The Morgan fingerprint density at radius 3 is 2.48 bits per heavy atom. The summed E-state index contributed by atoms with van der Waals surface area (Å²) < 4.78 is 37.6. The number of sulfonamides is 1. The Bertz CT molecular complexity index is 1560. The van der Waals surface area contributed by atoms with Gasteiger partial charge in [-0.25, -0.2) is 12.7 Å². The van der Waals surface area contributed by atoms with Gasteiger partial charge in [-0.3, -0.25) is 4.79 Å². The number of benzene rings is 2. The highest BCUT2D eigenvalue weighted by Gasteiger charge is 2.46. The van der Waals surface area contributed by atoms with E-state index in [9.17, 15) is 13.2 Å². The van der Waals surface area contributed by atoms with Crippen LogP contribution in [0.15, 0.2) is 47.0 Å². The van der Waals surface area contributed by atoms with Crippen LogP contribution in [-0.4, -0.2) is 44.4 Å². The third-order valence-corrected chi connectivity index (χ3v) is 10.0. The number of terminal acetylenes is 1. The van der Waals surface area contributed by atoms with E-state index in [0.29, 0.717) is 50.1 Å². The second-order valence-corrected chi connectivity index (χ2v) is 13.2. The normalized spacial score (nSPS) is 21.9. The zero-order valence-corrected chi connectivity index (χ0v) is 23.8. The molecule has 0 radical (unpaired) electrons. The van der Waals surface area contributed by atoms with Crippen molar-refractivity contribution in [2.24, 2.45) is 5.92 Å². The molecule has 1 saturated heterocycles. The van der Waals surface area contributed by atoms with Gasteiger partial charge in [-0.05, 0) is 62.1 Å². The fraction of sp³-hybridized carbons (Fsp3) is 0.379. The molecule has 0 unspecified atom stereocenters. The molecule has 1 aliphatic heterocycles. The van der Waals surface area contributed by atoms with E-state index >= 15 is 0 Å². The number of carbonyl (C=O) groups is 1. The van der Waals surface area contributed by atoms with Crippen molar-refractivity contribution in [1.82, 2.24) is 5.16 Å². The Labute approximate surface area is 243 Å². The largest absolute Gasteiger partial charge is 0.373 e. The molecule has 0 spiro atoms. The molecule has 2 saturated carbocycles. The SMILES string of the molecule is C#CCS(=O)(=O)N(C=O)c1ccc(N2C[C@@H]3C[C@H]2C[C@H]3OCc2c(-c3c(Cl)cccc3Cl)noc2C2CC2)cc1. The number of nitrogens with zero attached hydrogens (tertiary/aromatic N) is 3. The van der Waals surface area contributed by atoms with Gasteiger partial charge in [0.25, 0.3) is 10.0 Å². The number of amides is 1. The van der Waals surface area contributed by atoms with Crippen molar-refractivity contribution in [3.8, 4) is 23.6 Å². The first-order valence-electron chi connectivity index (χ1n) is 13.1. The quantitative estimate of drug-likeness (QED) is 0.220. The molecular formula is C29H27Cl2N3O5S. The molecule has 2 heterocycles. The van der Waals surface area contributed by atoms with E-state index in [1.807, 2.05) is 12.1 Å². The van der Waals surface area contributed by atoms with Gasteiger partial charge in [-0.2, -0.15) is 0 Å². The Morgan fingerprint density at radius 1 is 1.15 bits per heavy atom. The van der Waals surface area contributed by atoms with Gasteiger partial charge in [0.05, 0.1) is 28.4 Å². The summed E-state index contributed by atoms with van der Waals surface area (Å²) in [4.78, 5) is 13.8. The third-order valence-electron chi connectivity index (χ3n) is 7.98. The van der Waals surface area contributed by atoms with Crippen molar-refractivity contribution in [2.75, 3.05) is 21.5 Å². The lowest BCUT2D eigenvalue weighted by molar-refractivity contribution is -0.106. The van der Waals surface area contributed by atoms with Crippen LogP contribution in [0.3, 0.4) is 0 Å². The monoisotopic (exact) mass is 599 g/mol. The lowest BCUT2D eigenvalue weighted by atomic mass is 10.0. The van der Waals surface area contributed by atoms with Gasteiger partial charge >= 0.3 is 0 Å². The van der Waals surface area contributed by atoms with Crippen LogP contribution in [0.25, 0.3) is 11.3 Å². The molecule has 3 aromatic rings. The molecule has 40 heavy (non-hydrogen) atoms. The summed E-state index contributed by atoms with van der Waals surface area (Å²) in [6, 6.07) is 12.6. The van der Waals surface area contributed by atoms with Gasteiger partial charge in [0.2, 0.25) is 6.41 Å². The predicted molar refractivity (Wildman–Crippen MR) is 154 cm³/mol. The maximum absolute atomic E-state index is 12.3. The Balaban J connectivity index is 1.14. The molecule has 208 valence electrons. The maximum atomic E-state index is 12.3. The summed E-state index contributed by atoms with van der Waals surface area (Å²) in [6.07, 6.45) is 9.53. The average molecular weight is 601 g/mol. The molecule has 2 aliphatic carbocycles. The standard InChI is InChI=1S/C29H27Cl2N3O5S/c1-2-12-40(36,37)34(17-35)21-10-8-20(9-11-21)33-15-19-13-22(33)14-26(19)38-16-23-28(32-39-29(23)18-6-7-18)27-24(30)4-3-5-25(27)31/h1,3-5,8-11,17-19,22,26H,6-7,12-16H2/t19-,22-,26+/m0/s1. The molecule has 6 rings (SSSR count). The smallest absolute Gasteiger partial charge is 0.252 e. The van der Waals surface area contributed by atoms with Gasteiger partial charge in [0.1, 0.15) is 17.2 Å². The Kier molecular flexibility index (Phi) is 7.30. The Morgan fingerprint density at radius 2 is 1.88 bits per heavy atom. The summed E-state index contributed by atoms with van der Waals surface area (Å²) in [7, 11) is -3.91. The van der Waals surface area contributed by atoms with Crippen molar-refractivity contribution in [2.45, 2.75) is 50.4 Å². The van der Waals surface area contributed by atoms with Crippen LogP contribution in [0, 0.1) is 18.3 Å². The fourth-order valence-electron chi connectivity index (χ4n) is 5.92. The molecule has 8 nitrogen and oxygen atoms in total. The molecule has 3 atom stereocenters. The Hall–Kier alpha value is -3.03. The minimum absolute atomic E-state index is 0.0940. The molecule has 1 amide bonds. The van der Waals surface area contributed by atoms with E-state index in [2.05, 4.69) is 16.0 Å². The number of halogens is 2. The highest BCUT2D eigenvalue weighted by atomic mass is 35.5. The number of piperidine rings is 1. The maximum Gasteiger partial charge on any atom is 0.252 e. The zero-order chi connectivity index (χ0) is 28.0. The number of ether oxygens (including phenoxy) is 1. The first-order valence-corrected chi connectivity index (χ1v) is 15.5. The fourth-order valence-corrected chi connectivity index (χ4v) is 7.42. The number of anilines is 2. The molecule has 2 bridgehead atoms. The summed E-state index contributed by atoms with van der Waals surface area (Å²) in [5.41, 5.74) is 3.47. The second kappa shape index (κ2) is 10.7. The van der Waals surface area contributed by atoms with E-state index in [4.69, 9.17) is 38.9 Å². The van der Waals surface area contributed by atoms with Crippen molar-refractivity contribution in [3.63, 3.8) is 0 Å². The van der Waals surface area contributed by atoms with E-state index in [1.54, 1.807) is 30.3 Å². The number of fused-ring (bicyclic) bond motifs is 2. The van der Waals surface area contributed by atoms with Gasteiger partial charge in [0, 0.05) is 41.2 Å². The summed E-state index contributed by atoms with van der Waals surface area (Å²) in [5.74, 6) is 3.12. The van der Waals surface area contributed by atoms with Crippen LogP contribution in [0.2, 0.25) is 10.0 Å². The number of carbonyl (C=O) groups excluding carboxylic acids is 1. The number of rotatable bonds is 10. The minimum Gasteiger partial charge on any atom is -0.373 e. The van der Waals surface area contributed by atoms with E-state index in [-0.39, 0.29) is 18.2 Å². The summed E-state index contributed by atoms with van der Waals surface area (Å²) >= 11 is 13.0. The second-order valence-electron chi connectivity index (χ2n) is 10.5. The average Bonchev–Trinajstić information content (AvgIpc) is 3.38. The molecule has 3 fully saturated rings. The highest BCUT2D eigenvalue weighted by Crippen LogP contribution is 2.47. The minimum atomic E-state index is -3.91. The lowest BCUT2D eigenvalue weighted by Crippen LogP contribution is -2.38. The van der Waals surface area contributed by atoms with E-state index in [1.165, 1.54) is 0 Å². The first-order chi connectivity index (χ1) is 19.3. The molecule has 1 aromatic heterocycles. The number of hydrogen-bond acceptors (Lipinski definition) is 7. The zero-order valence-electron chi connectivity index (χ0n) is 21.5. The van der Waals surface area contributed by atoms with Crippen molar-refractivity contribution >= 4 is 51.0 Å². The number of aromatic nitrogens is 1. The van der Waals surface area contributed by atoms with Crippen LogP contribution in [0.1, 0.15) is 42.9 Å². The van der Waals surface area contributed by atoms with Gasteiger partial charge in [-0.15, -0.1) is 6.42 Å². The van der Waals surface area contributed by atoms with E-state index < -0.39 is 15.8 Å². The number of hydrogen-bond donors (Lipinski definition) is 0. The van der Waals surface area contributed by atoms with Crippen molar-refractivity contribution in [3.05, 3.63) is 63.8 Å².